The summed E-state index contributed by atoms with van der Waals surface area (Å²) in [7, 11) is 0. The molecule has 0 aliphatic carbocycles. The Kier molecular flexibility index (Phi) is 2.42. The fourth-order valence-corrected chi connectivity index (χ4v) is 2.03. The third-order valence-electron chi connectivity index (χ3n) is 2.87. The molecular weight excluding hydrogens is 244 g/mol. The van der Waals surface area contributed by atoms with Crippen LogP contribution in [-0.4, -0.2) is 14.5 Å². The van der Waals surface area contributed by atoms with Crippen LogP contribution in [0.25, 0.3) is 16.7 Å². The molecule has 1 aromatic heterocycles. The summed E-state index contributed by atoms with van der Waals surface area (Å²) in [4.78, 5) is 14.7. The summed E-state index contributed by atoms with van der Waals surface area (Å²) in [6.45, 7) is 0. The first-order chi connectivity index (χ1) is 9.15. The highest BCUT2D eigenvalue weighted by Gasteiger charge is 2.11. The Morgan fingerprint density at radius 2 is 2.00 bits per heavy atom. The largest absolute Gasteiger partial charge is 0.398 e. The van der Waals surface area contributed by atoms with Crippen molar-refractivity contribution in [1.29, 1.82) is 0 Å². The summed E-state index contributed by atoms with van der Waals surface area (Å²) in [6.07, 6.45) is 1.63. The second kappa shape index (κ2) is 4.09. The summed E-state index contributed by atoms with van der Waals surface area (Å²) in [5, 5.41) is 10.9. The Morgan fingerprint density at radius 1 is 1.21 bits per heavy atom. The zero-order valence-electron chi connectivity index (χ0n) is 9.85. The first-order valence-electron chi connectivity index (χ1n) is 5.62. The molecule has 0 spiro atoms. The Morgan fingerprint density at radius 3 is 2.79 bits per heavy atom. The van der Waals surface area contributed by atoms with E-state index in [1.54, 1.807) is 17.0 Å². The molecule has 0 fully saturated rings. The first kappa shape index (κ1) is 11.2. The third-order valence-corrected chi connectivity index (χ3v) is 2.87. The minimum absolute atomic E-state index is 0.0345. The SMILES string of the molecule is Nc1cc(-n2cnc3ccccc32)cc([N+](=O)[O-])c1. The molecule has 3 aromatic rings. The van der Waals surface area contributed by atoms with Gasteiger partial charge in [-0.3, -0.25) is 14.7 Å². The monoisotopic (exact) mass is 254 g/mol. The van der Waals surface area contributed by atoms with E-state index in [4.69, 9.17) is 5.73 Å². The van der Waals surface area contributed by atoms with Gasteiger partial charge in [0.05, 0.1) is 21.6 Å². The van der Waals surface area contributed by atoms with E-state index in [2.05, 4.69) is 4.98 Å². The number of benzene rings is 2. The van der Waals surface area contributed by atoms with Crippen molar-refractivity contribution in [3.63, 3.8) is 0 Å². The number of hydrogen-bond donors (Lipinski definition) is 1. The molecule has 2 aromatic carbocycles. The molecule has 0 atom stereocenters. The number of nitro groups is 1. The van der Waals surface area contributed by atoms with Gasteiger partial charge in [0.15, 0.2) is 0 Å². The van der Waals surface area contributed by atoms with Crippen LogP contribution >= 0.6 is 0 Å². The second-order valence-corrected chi connectivity index (χ2v) is 4.14. The first-order valence-corrected chi connectivity index (χ1v) is 5.62. The van der Waals surface area contributed by atoms with Crippen molar-refractivity contribution in [2.75, 3.05) is 5.73 Å². The van der Waals surface area contributed by atoms with Crippen molar-refractivity contribution in [2.24, 2.45) is 0 Å². The number of non-ortho nitro benzene ring substituents is 1. The number of rotatable bonds is 2. The average Bonchev–Trinajstić information content (AvgIpc) is 2.81. The summed E-state index contributed by atoms with van der Waals surface area (Å²) >= 11 is 0. The molecule has 6 nitrogen and oxygen atoms in total. The van der Waals surface area contributed by atoms with Crippen molar-refractivity contribution < 1.29 is 4.92 Å². The molecule has 0 aliphatic heterocycles. The van der Waals surface area contributed by atoms with E-state index in [1.807, 2.05) is 24.3 Å². The van der Waals surface area contributed by atoms with Gasteiger partial charge in [-0.1, -0.05) is 12.1 Å². The lowest BCUT2D eigenvalue weighted by Gasteiger charge is -2.05. The van der Waals surface area contributed by atoms with Gasteiger partial charge < -0.3 is 5.73 Å². The van der Waals surface area contributed by atoms with E-state index in [9.17, 15) is 10.1 Å². The summed E-state index contributed by atoms with van der Waals surface area (Å²) in [6, 6.07) is 12.1. The highest BCUT2D eigenvalue weighted by atomic mass is 16.6. The number of para-hydroxylation sites is 2. The smallest absolute Gasteiger partial charge is 0.273 e. The van der Waals surface area contributed by atoms with Crippen molar-refractivity contribution >= 4 is 22.4 Å². The standard InChI is InChI=1S/C13H10N4O2/c14-9-5-10(7-11(6-9)17(18)19)16-8-15-12-3-1-2-4-13(12)16/h1-8H,14H2. The lowest BCUT2D eigenvalue weighted by atomic mass is 10.2. The molecule has 94 valence electrons. The van der Waals surface area contributed by atoms with Gasteiger partial charge in [-0.2, -0.15) is 0 Å². The van der Waals surface area contributed by atoms with Gasteiger partial charge in [-0.05, 0) is 18.2 Å². The number of nitrogens with zero attached hydrogens (tertiary/aromatic N) is 3. The minimum Gasteiger partial charge on any atom is -0.398 e. The van der Waals surface area contributed by atoms with Gasteiger partial charge in [0.25, 0.3) is 5.69 Å². The highest BCUT2D eigenvalue weighted by molar-refractivity contribution is 5.77. The van der Waals surface area contributed by atoms with Crippen LogP contribution in [0, 0.1) is 10.1 Å². The number of imidazole rings is 1. The van der Waals surface area contributed by atoms with Crippen molar-refractivity contribution in [3.05, 3.63) is 58.9 Å². The molecule has 0 saturated carbocycles. The zero-order chi connectivity index (χ0) is 13.4. The number of nitro benzene ring substituents is 1. The molecule has 1 heterocycles. The number of nitrogen functional groups attached to an aromatic ring is 1. The van der Waals surface area contributed by atoms with Gasteiger partial charge in [0, 0.05) is 17.8 Å². The van der Waals surface area contributed by atoms with E-state index in [1.165, 1.54) is 12.1 Å². The van der Waals surface area contributed by atoms with Gasteiger partial charge in [0.1, 0.15) is 6.33 Å². The van der Waals surface area contributed by atoms with Crippen LogP contribution < -0.4 is 5.73 Å². The lowest BCUT2D eigenvalue weighted by molar-refractivity contribution is -0.384. The quantitative estimate of drug-likeness (QED) is 0.432. The van der Waals surface area contributed by atoms with Gasteiger partial charge in [-0.15, -0.1) is 0 Å². The van der Waals surface area contributed by atoms with Crippen LogP contribution in [0.2, 0.25) is 0 Å². The molecule has 3 rings (SSSR count). The Hall–Kier alpha value is -2.89. The maximum atomic E-state index is 10.9. The predicted molar refractivity (Wildman–Crippen MR) is 72.1 cm³/mol. The Bertz CT molecular complexity index is 779. The molecule has 0 unspecified atom stereocenters. The molecule has 0 saturated heterocycles. The third kappa shape index (κ3) is 1.89. The van der Waals surface area contributed by atoms with E-state index in [-0.39, 0.29) is 5.69 Å². The Balaban J connectivity index is 2.24. The van der Waals surface area contributed by atoms with Crippen LogP contribution in [0.5, 0.6) is 0 Å². The van der Waals surface area contributed by atoms with Gasteiger partial charge in [0.2, 0.25) is 0 Å². The topological polar surface area (TPSA) is 87.0 Å². The Labute approximate surface area is 108 Å². The van der Waals surface area contributed by atoms with Crippen LogP contribution in [0.3, 0.4) is 0 Å². The zero-order valence-corrected chi connectivity index (χ0v) is 9.85. The number of fused-ring (bicyclic) bond motifs is 1. The lowest BCUT2D eigenvalue weighted by Crippen LogP contribution is -1.97. The average molecular weight is 254 g/mol. The number of hydrogen-bond acceptors (Lipinski definition) is 4. The maximum Gasteiger partial charge on any atom is 0.273 e. The van der Waals surface area contributed by atoms with Crippen molar-refractivity contribution in [1.82, 2.24) is 9.55 Å². The van der Waals surface area contributed by atoms with E-state index >= 15 is 0 Å². The molecule has 6 heteroatoms. The minimum atomic E-state index is -0.459. The number of aromatic nitrogens is 2. The van der Waals surface area contributed by atoms with Crippen LogP contribution in [0.15, 0.2) is 48.8 Å². The maximum absolute atomic E-state index is 10.9. The van der Waals surface area contributed by atoms with E-state index in [0.717, 1.165) is 11.0 Å². The molecular formula is C13H10N4O2. The molecule has 0 aliphatic rings. The molecule has 19 heavy (non-hydrogen) atoms. The van der Waals surface area contributed by atoms with Crippen LogP contribution in [0.1, 0.15) is 0 Å². The highest BCUT2D eigenvalue weighted by Crippen LogP contribution is 2.24. The van der Waals surface area contributed by atoms with E-state index in [0.29, 0.717) is 11.4 Å². The molecule has 2 N–H and O–H groups in total. The van der Waals surface area contributed by atoms with Crippen molar-refractivity contribution in [3.8, 4) is 5.69 Å². The number of anilines is 1. The fourth-order valence-electron chi connectivity index (χ4n) is 2.03. The molecule has 0 radical (unpaired) electrons. The van der Waals surface area contributed by atoms with Crippen LogP contribution in [-0.2, 0) is 0 Å². The molecule has 0 amide bonds. The van der Waals surface area contributed by atoms with Gasteiger partial charge >= 0.3 is 0 Å². The summed E-state index contributed by atoms with van der Waals surface area (Å²) in [5.41, 5.74) is 8.35. The summed E-state index contributed by atoms with van der Waals surface area (Å²) in [5.74, 6) is 0. The van der Waals surface area contributed by atoms with E-state index < -0.39 is 4.92 Å². The normalized spacial score (nSPS) is 10.7. The predicted octanol–water partition coefficient (Wildman–Crippen LogP) is 2.52. The van der Waals surface area contributed by atoms with Gasteiger partial charge in [-0.25, -0.2) is 4.98 Å². The second-order valence-electron chi connectivity index (χ2n) is 4.14. The fraction of sp³-hybridized carbons (Fsp3) is 0. The van der Waals surface area contributed by atoms with Crippen molar-refractivity contribution in [2.45, 2.75) is 0 Å². The summed E-state index contributed by atoms with van der Waals surface area (Å²) < 4.78 is 1.78. The molecule has 0 bridgehead atoms. The number of nitrogens with two attached hydrogens (primary N) is 1. The van der Waals surface area contributed by atoms with Crippen LogP contribution in [0.4, 0.5) is 11.4 Å².